The molecule has 2 aromatic rings. The molecule has 14 heavy (non-hydrogen) atoms. The number of nitrogens with zero attached hydrogens (tertiary/aromatic N) is 1. The average molecular weight is 196 g/mol. The van der Waals surface area contributed by atoms with Gasteiger partial charge in [0, 0.05) is 31.2 Å². The van der Waals surface area contributed by atoms with Gasteiger partial charge in [-0.05, 0) is 11.6 Å². The van der Waals surface area contributed by atoms with Gasteiger partial charge in [0.2, 0.25) is 0 Å². The number of fused-ring (bicyclic) bond motifs is 1. The van der Waals surface area contributed by atoms with E-state index in [0.717, 1.165) is 11.6 Å². The van der Waals surface area contributed by atoms with Crippen LogP contribution < -0.4 is 5.73 Å². The van der Waals surface area contributed by atoms with Crippen molar-refractivity contribution < 1.29 is 8.78 Å². The Kier molecular flexibility index (Phi) is 2.00. The first kappa shape index (κ1) is 9.15. The summed E-state index contributed by atoms with van der Waals surface area (Å²) >= 11 is 0. The summed E-state index contributed by atoms with van der Waals surface area (Å²) in [5, 5.41) is 0.549. The minimum Gasteiger partial charge on any atom is -0.348 e. The highest BCUT2D eigenvalue weighted by Gasteiger charge is 2.11. The third-order valence-electron chi connectivity index (χ3n) is 2.30. The minimum atomic E-state index is -0.573. The van der Waals surface area contributed by atoms with Gasteiger partial charge in [-0.2, -0.15) is 0 Å². The fourth-order valence-corrected chi connectivity index (χ4v) is 1.70. The molecular formula is C10H10F2N2. The van der Waals surface area contributed by atoms with Gasteiger partial charge in [0.15, 0.2) is 0 Å². The van der Waals surface area contributed by atoms with Crippen molar-refractivity contribution in [3.05, 3.63) is 35.5 Å². The standard InChI is InChI=1S/C10H10F2N2/c1-14-5-6(4-13)8-2-7(11)3-9(12)10(8)14/h2-3,5H,4,13H2,1H3. The molecule has 0 spiro atoms. The molecule has 0 aliphatic rings. The molecule has 0 saturated heterocycles. The Bertz CT molecular complexity index is 488. The fraction of sp³-hybridized carbons (Fsp3) is 0.200. The Morgan fingerprint density at radius 2 is 2.07 bits per heavy atom. The molecule has 0 amide bonds. The number of rotatable bonds is 1. The lowest BCUT2D eigenvalue weighted by molar-refractivity contribution is 0.588. The van der Waals surface area contributed by atoms with E-state index in [2.05, 4.69) is 0 Å². The van der Waals surface area contributed by atoms with Gasteiger partial charge in [0.25, 0.3) is 0 Å². The SMILES string of the molecule is Cn1cc(CN)c2cc(F)cc(F)c21. The van der Waals surface area contributed by atoms with E-state index in [1.807, 2.05) is 0 Å². The van der Waals surface area contributed by atoms with Crippen LogP contribution in [0.5, 0.6) is 0 Å². The van der Waals surface area contributed by atoms with Crippen molar-refractivity contribution in [1.29, 1.82) is 0 Å². The van der Waals surface area contributed by atoms with Crippen molar-refractivity contribution in [2.75, 3.05) is 0 Å². The van der Waals surface area contributed by atoms with Crippen LogP contribution >= 0.6 is 0 Å². The predicted octanol–water partition coefficient (Wildman–Crippen LogP) is 1.92. The number of aryl methyl sites for hydroxylation is 1. The van der Waals surface area contributed by atoms with Crippen molar-refractivity contribution in [2.24, 2.45) is 12.8 Å². The molecule has 2 nitrogen and oxygen atoms in total. The zero-order chi connectivity index (χ0) is 10.3. The van der Waals surface area contributed by atoms with E-state index >= 15 is 0 Å². The van der Waals surface area contributed by atoms with Crippen LogP contribution in [0.1, 0.15) is 5.56 Å². The molecule has 0 bridgehead atoms. The molecule has 1 aromatic carbocycles. The Morgan fingerprint density at radius 1 is 1.36 bits per heavy atom. The summed E-state index contributed by atoms with van der Waals surface area (Å²) in [6.07, 6.45) is 1.72. The molecule has 0 fully saturated rings. The lowest BCUT2D eigenvalue weighted by atomic mass is 10.1. The van der Waals surface area contributed by atoms with Crippen molar-refractivity contribution in [3.63, 3.8) is 0 Å². The maximum absolute atomic E-state index is 13.4. The quantitative estimate of drug-likeness (QED) is 0.742. The minimum absolute atomic E-state index is 0.278. The molecule has 2 N–H and O–H groups in total. The summed E-state index contributed by atoms with van der Waals surface area (Å²) in [4.78, 5) is 0. The largest absolute Gasteiger partial charge is 0.348 e. The molecule has 1 aromatic heterocycles. The summed E-state index contributed by atoms with van der Waals surface area (Å²) in [5.74, 6) is -1.13. The maximum Gasteiger partial charge on any atom is 0.150 e. The molecule has 0 aliphatic carbocycles. The number of hydrogen-bond acceptors (Lipinski definition) is 1. The van der Waals surface area contributed by atoms with E-state index in [0.29, 0.717) is 10.9 Å². The monoisotopic (exact) mass is 196 g/mol. The van der Waals surface area contributed by atoms with Crippen LogP contribution in [-0.4, -0.2) is 4.57 Å². The van der Waals surface area contributed by atoms with E-state index in [1.54, 1.807) is 17.8 Å². The van der Waals surface area contributed by atoms with E-state index in [4.69, 9.17) is 5.73 Å². The van der Waals surface area contributed by atoms with Gasteiger partial charge in [-0.1, -0.05) is 0 Å². The lowest BCUT2D eigenvalue weighted by Gasteiger charge is -1.98. The second-order valence-electron chi connectivity index (χ2n) is 3.25. The van der Waals surface area contributed by atoms with Crippen LogP contribution in [0.4, 0.5) is 8.78 Å². The first-order valence-electron chi connectivity index (χ1n) is 4.26. The van der Waals surface area contributed by atoms with E-state index in [9.17, 15) is 8.78 Å². The number of nitrogens with two attached hydrogens (primary N) is 1. The van der Waals surface area contributed by atoms with Crippen molar-refractivity contribution in [2.45, 2.75) is 6.54 Å². The molecular weight excluding hydrogens is 186 g/mol. The molecule has 0 aliphatic heterocycles. The predicted molar refractivity (Wildman–Crippen MR) is 50.7 cm³/mol. The van der Waals surface area contributed by atoms with E-state index < -0.39 is 11.6 Å². The zero-order valence-corrected chi connectivity index (χ0v) is 7.72. The summed E-state index contributed by atoms with van der Waals surface area (Å²) < 4.78 is 27.9. The zero-order valence-electron chi connectivity index (χ0n) is 7.72. The third kappa shape index (κ3) is 1.19. The molecule has 2 rings (SSSR count). The third-order valence-corrected chi connectivity index (χ3v) is 2.30. The van der Waals surface area contributed by atoms with Crippen molar-refractivity contribution >= 4 is 10.9 Å². The topological polar surface area (TPSA) is 30.9 Å². The number of hydrogen-bond donors (Lipinski definition) is 1. The van der Waals surface area contributed by atoms with Gasteiger partial charge >= 0.3 is 0 Å². The van der Waals surface area contributed by atoms with Crippen LogP contribution in [-0.2, 0) is 13.6 Å². The molecule has 4 heteroatoms. The van der Waals surface area contributed by atoms with Gasteiger partial charge < -0.3 is 10.3 Å². The molecule has 0 radical (unpaired) electrons. The van der Waals surface area contributed by atoms with Crippen molar-refractivity contribution in [1.82, 2.24) is 4.57 Å². The summed E-state index contributed by atoms with van der Waals surface area (Å²) in [6.45, 7) is 0.278. The first-order chi connectivity index (χ1) is 6.63. The van der Waals surface area contributed by atoms with Gasteiger partial charge in [-0.25, -0.2) is 8.78 Å². The first-order valence-corrected chi connectivity index (χ1v) is 4.26. The molecule has 0 atom stereocenters. The summed E-state index contributed by atoms with van der Waals surface area (Å²) in [7, 11) is 1.71. The number of benzene rings is 1. The molecule has 74 valence electrons. The van der Waals surface area contributed by atoms with Crippen LogP contribution in [0.25, 0.3) is 10.9 Å². The van der Waals surface area contributed by atoms with Crippen LogP contribution in [0.3, 0.4) is 0 Å². The smallest absolute Gasteiger partial charge is 0.150 e. The Labute approximate surface area is 79.9 Å². The van der Waals surface area contributed by atoms with Gasteiger partial charge in [-0.15, -0.1) is 0 Å². The molecule has 0 saturated carbocycles. The second kappa shape index (κ2) is 3.06. The molecule has 0 unspecified atom stereocenters. The summed E-state index contributed by atoms with van der Waals surface area (Å²) in [6, 6.07) is 2.18. The van der Waals surface area contributed by atoms with Crippen molar-refractivity contribution in [3.8, 4) is 0 Å². The highest BCUT2D eigenvalue weighted by atomic mass is 19.1. The van der Waals surface area contributed by atoms with Crippen LogP contribution in [0.15, 0.2) is 18.3 Å². The van der Waals surface area contributed by atoms with Gasteiger partial charge in [-0.3, -0.25) is 0 Å². The lowest BCUT2D eigenvalue weighted by Crippen LogP contribution is -1.94. The molecule has 1 heterocycles. The fourth-order valence-electron chi connectivity index (χ4n) is 1.70. The maximum atomic E-state index is 13.4. The number of halogens is 2. The normalized spacial score (nSPS) is 11.1. The number of aromatic nitrogens is 1. The second-order valence-corrected chi connectivity index (χ2v) is 3.25. The van der Waals surface area contributed by atoms with E-state index in [1.165, 1.54) is 6.07 Å². The summed E-state index contributed by atoms with van der Waals surface area (Å²) in [5.41, 5.74) is 6.62. The Balaban J connectivity index is 2.89. The van der Waals surface area contributed by atoms with Crippen LogP contribution in [0, 0.1) is 11.6 Å². The van der Waals surface area contributed by atoms with Crippen LogP contribution in [0.2, 0.25) is 0 Å². The Morgan fingerprint density at radius 3 is 2.71 bits per heavy atom. The average Bonchev–Trinajstić information content (AvgIpc) is 2.42. The highest BCUT2D eigenvalue weighted by molar-refractivity contribution is 5.84. The highest BCUT2D eigenvalue weighted by Crippen LogP contribution is 2.24. The van der Waals surface area contributed by atoms with Gasteiger partial charge in [0.05, 0.1) is 5.52 Å². The van der Waals surface area contributed by atoms with Gasteiger partial charge in [0.1, 0.15) is 11.6 Å². The Hall–Kier alpha value is -1.42. The van der Waals surface area contributed by atoms with E-state index in [-0.39, 0.29) is 6.54 Å².